The van der Waals surface area contributed by atoms with Gasteiger partial charge in [0.2, 0.25) is 0 Å². The fourth-order valence-electron chi connectivity index (χ4n) is 1.22. The predicted octanol–water partition coefficient (Wildman–Crippen LogP) is 3.71. The summed E-state index contributed by atoms with van der Waals surface area (Å²) in [5.74, 6) is 0.296. The molecular formula is C13H18FNO. The molecule has 0 aromatic heterocycles. The Morgan fingerprint density at radius 2 is 2.06 bits per heavy atom. The number of nitriles is 1. The molecule has 0 aliphatic heterocycles. The quantitative estimate of drug-likeness (QED) is 0.729. The number of nitrogens with zero attached hydrogens (tertiary/aromatic N) is 1. The summed E-state index contributed by atoms with van der Waals surface area (Å²) >= 11 is 0. The highest BCUT2D eigenvalue weighted by molar-refractivity contribution is 5.34. The molecule has 0 fully saturated rings. The summed E-state index contributed by atoms with van der Waals surface area (Å²) in [7, 11) is 0. The van der Waals surface area contributed by atoms with E-state index in [1.54, 1.807) is 12.1 Å². The Balaban J connectivity index is 0.00000106. The second kappa shape index (κ2) is 8.72. The van der Waals surface area contributed by atoms with Crippen LogP contribution < -0.4 is 4.74 Å². The fourth-order valence-corrected chi connectivity index (χ4v) is 1.22. The van der Waals surface area contributed by atoms with Gasteiger partial charge in [-0.25, -0.2) is 4.39 Å². The maximum atomic E-state index is 13.2. The molecule has 0 bridgehead atoms. The van der Waals surface area contributed by atoms with Gasteiger partial charge in [-0.3, -0.25) is 0 Å². The molecule has 1 aromatic carbocycles. The molecular weight excluding hydrogens is 205 g/mol. The van der Waals surface area contributed by atoms with E-state index in [-0.39, 0.29) is 5.82 Å². The Kier molecular flexibility index (Phi) is 7.87. The molecule has 0 N–H and O–H groups in total. The predicted molar refractivity (Wildman–Crippen MR) is 62.9 cm³/mol. The molecule has 3 heteroatoms. The van der Waals surface area contributed by atoms with Gasteiger partial charge in [0.05, 0.1) is 12.5 Å². The number of rotatable bonds is 4. The number of benzene rings is 1. The summed E-state index contributed by atoms with van der Waals surface area (Å²) in [6.45, 7) is 6.18. The summed E-state index contributed by atoms with van der Waals surface area (Å²) in [4.78, 5) is 0. The Hall–Kier alpha value is -1.56. The minimum absolute atomic E-state index is 0.248. The molecule has 0 saturated heterocycles. The molecule has 88 valence electrons. The first kappa shape index (κ1) is 14.4. The van der Waals surface area contributed by atoms with Crippen LogP contribution in [0.25, 0.3) is 0 Å². The summed E-state index contributed by atoms with van der Waals surface area (Å²) < 4.78 is 18.5. The van der Waals surface area contributed by atoms with E-state index in [1.165, 1.54) is 6.07 Å². The van der Waals surface area contributed by atoms with Crippen molar-refractivity contribution in [2.24, 2.45) is 0 Å². The first-order valence-corrected chi connectivity index (χ1v) is 5.56. The van der Waals surface area contributed by atoms with Crippen molar-refractivity contribution in [3.8, 4) is 11.8 Å². The van der Waals surface area contributed by atoms with Gasteiger partial charge in [-0.15, -0.1) is 0 Å². The van der Waals surface area contributed by atoms with E-state index in [2.05, 4.69) is 0 Å². The van der Waals surface area contributed by atoms with Crippen molar-refractivity contribution >= 4 is 0 Å². The maximum absolute atomic E-state index is 13.2. The maximum Gasteiger partial charge on any atom is 0.130 e. The number of halogens is 1. The molecule has 0 atom stereocenters. The van der Waals surface area contributed by atoms with E-state index in [4.69, 9.17) is 10.00 Å². The van der Waals surface area contributed by atoms with Gasteiger partial charge in [-0.05, 0) is 18.6 Å². The molecule has 0 aliphatic carbocycles. The van der Waals surface area contributed by atoms with Crippen LogP contribution in [0, 0.1) is 17.1 Å². The smallest absolute Gasteiger partial charge is 0.130 e. The van der Waals surface area contributed by atoms with Crippen molar-refractivity contribution in [1.82, 2.24) is 0 Å². The normalized spacial score (nSPS) is 8.69. The van der Waals surface area contributed by atoms with Gasteiger partial charge < -0.3 is 4.74 Å². The minimum atomic E-state index is -0.248. The summed E-state index contributed by atoms with van der Waals surface area (Å²) in [5.41, 5.74) is 0.574. The first-order valence-electron chi connectivity index (χ1n) is 5.56. The van der Waals surface area contributed by atoms with Crippen LogP contribution >= 0.6 is 0 Å². The van der Waals surface area contributed by atoms with E-state index in [0.717, 1.165) is 0 Å². The van der Waals surface area contributed by atoms with Crippen LogP contribution in [0.4, 0.5) is 4.39 Å². The second-order valence-corrected chi connectivity index (χ2v) is 2.83. The van der Waals surface area contributed by atoms with Gasteiger partial charge in [0.25, 0.3) is 0 Å². The van der Waals surface area contributed by atoms with Gasteiger partial charge in [0.15, 0.2) is 0 Å². The lowest BCUT2D eigenvalue weighted by Gasteiger charge is -2.09. The summed E-state index contributed by atoms with van der Waals surface area (Å²) in [6.07, 6.45) is 0.911. The lowest BCUT2D eigenvalue weighted by molar-refractivity contribution is 0.321. The fraction of sp³-hybridized carbons (Fsp3) is 0.462. The van der Waals surface area contributed by atoms with Crippen LogP contribution in [0.5, 0.6) is 5.75 Å². The number of ether oxygens (including phenoxy) is 1. The Morgan fingerprint density at radius 3 is 2.62 bits per heavy atom. The topological polar surface area (TPSA) is 33.0 Å². The van der Waals surface area contributed by atoms with Crippen molar-refractivity contribution in [3.05, 3.63) is 29.6 Å². The first-order chi connectivity index (χ1) is 7.79. The van der Waals surface area contributed by atoms with Gasteiger partial charge >= 0.3 is 0 Å². The lowest BCUT2D eigenvalue weighted by Crippen LogP contribution is -2.00. The molecule has 0 spiro atoms. The van der Waals surface area contributed by atoms with Crippen LogP contribution in [0.2, 0.25) is 0 Å². The molecule has 2 nitrogen and oxygen atoms in total. The Bertz CT molecular complexity index is 344. The van der Waals surface area contributed by atoms with Crippen LogP contribution in [0.15, 0.2) is 18.2 Å². The van der Waals surface area contributed by atoms with E-state index in [9.17, 15) is 4.39 Å². The SMILES string of the molecule is CC.CCc1c(F)cccc1OCCC#N. The average molecular weight is 223 g/mol. The molecule has 1 rings (SSSR count). The highest BCUT2D eigenvalue weighted by atomic mass is 19.1. The Morgan fingerprint density at radius 1 is 1.38 bits per heavy atom. The van der Waals surface area contributed by atoms with E-state index in [1.807, 2.05) is 26.8 Å². The van der Waals surface area contributed by atoms with Gasteiger partial charge in [0.1, 0.15) is 18.2 Å². The number of hydrogen-bond donors (Lipinski definition) is 0. The van der Waals surface area contributed by atoms with Crippen molar-refractivity contribution < 1.29 is 9.13 Å². The van der Waals surface area contributed by atoms with Gasteiger partial charge in [-0.1, -0.05) is 26.8 Å². The van der Waals surface area contributed by atoms with Gasteiger partial charge in [0, 0.05) is 5.56 Å². The van der Waals surface area contributed by atoms with E-state index in [0.29, 0.717) is 30.8 Å². The lowest BCUT2D eigenvalue weighted by atomic mass is 10.1. The standard InChI is InChI=1S/C11H12FNO.C2H6/c1-2-9-10(12)5-3-6-11(9)14-8-4-7-13;1-2/h3,5-6H,2,4,8H2,1H3;1-2H3. The molecule has 0 amide bonds. The minimum Gasteiger partial charge on any atom is -0.492 e. The zero-order valence-corrected chi connectivity index (χ0v) is 10.1. The zero-order chi connectivity index (χ0) is 12.4. The Labute approximate surface area is 96.7 Å². The molecule has 0 unspecified atom stereocenters. The van der Waals surface area contributed by atoms with Crippen molar-refractivity contribution in [3.63, 3.8) is 0 Å². The van der Waals surface area contributed by atoms with Crippen molar-refractivity contribution in [2.75, 3.05) is 6.61 Å². The highest BCUT2D eigenvalue weighted by Crippen LogP contribution is 2.21. The third kappa shape index (κ3) is 4.31. The average Bonchev–Trinajstić information content (AvgIpc) is 2.32. The van der Waals surface area contributed by atoms with Gasteiger partial charge in [-0.2, -0.15) is 5.26 Å². The van der Waals surface area contributed by atoms with Crippen molar-refractivity contribution in [1.29, 1.82) is 5.26 Å². The monoisotopic (exact) mass is 223 g/mol. The van der Waals surface area contributed by atoms with Crippen LogP contribution in [0.3, 0.4) is 0 Å². The van der Waals surface area contributed by atoms with E-state index >= 15 is 0 Å². The summed E-state index contributed by atoms with van der Waals surface area (Å²) in [5, 5.41) is 8.32. The molecule has 16 heavy (non-hydrogen) atoms. The molecule has 0 aliphatic rings. The molecule has 0 saturated carbocycles. The second-order valence-electron chi connectivity index (χ2n) is 2.83. The highest BCUT2D eigenvalue weighted by Gasteiger charge is 2.06. The van der Waals surface area contributed by atoms with Crippen LogP contribution in [-0.4, -0.2) is 6.61 Å². The number of hydrogen-bond acceptors (Lipinski definition) is 2. The third-order valence-electron chi connectivity index (χ3n) is 1.90. The molecule has 1 aromatic rings. The third-order valence-corrected chi connectivity index (χ3v) is 1.90. The van der Waals surface area contributed by atoms with E-state index < -0.39 is 0 Å². The molecule has 0 radical (unpaired) electrons. The zero-order valence-electron chi connectivity index (χ0n) is 10.1. The van der Waals surface area contributed by atoms with Crippen molar-refractivity contribution in [2.45, 2.75) is 33.6 Å². The summed E-state index contributed by atoms with van der Waals surface area (Å²) in [6, 6.07) is 6.71. The van der Waals surface area contributed by atoms with Crippen LogP contribution in [0.1, 0.15) is 32.8 Å². The molecule has 0 heterocycles. The van der Waals surface area contributed by atoms with Crippen LogP contribution in [-0.2, 0) is 6.42 Å². The largest absolute Gasteiger partial charge is 0.492 e.